The second kappa shape index (κ2) is 6.90. The van der Waals surface area contributed by atoms with Crippen LogP contribution in [0.1, 0.15) is 39.5 Å². The Labute approximate surface area is 129 Å². The van der Waals surface area contributed by atoms with Crippen LogP contribution in [0.25, 0.3) is 0 Å². The number of hydrogen-bond donors (Lipinski definition) is 1. The monoisotopic (exact) mass is 343 g/mol. The highest BCUT2D eigenvalue weighted by atomic mass is 79.9. The molecule has 1 aromatic carbocycles. The lowest BCUT2D eigenvalue weighted by molar-refractivity contribution is -0.0145. The highest BCUT2D eigenvalue weighted by Gasteiger charge is 2.38. The van der Waals surface area contributed by atoms with Crippen LogP contribution in [0, 0.1) is 11.7 Å². The Morgan fingerprint density at radius 3 is 2.65 bits per heavy atom. The molecule has 2 rings (SSSR count). The lowest BCUT2D eigenvalue weighted by Gasteiger charge is -2.42. The van der Waals surface area contributed by atoms with Crippen molar-refractivity contribution in [1.29, 1.82) is 0 Å². The van der Waals surface area contributed by atoms with Gasteiger partial charge in [-0.1, -0.05) is 29.8 Å². The molecule has 1 aliphatic carbocycles. The van der Waals surface area contributed by atoms with Gasteiger partial charge < -0.3 is 10.1 Å². The number of ether oxygens (including phenoxy) is 1. The van der Waals surface area contributed by atoms with E-state index in [0.717, 1.165) is 36.8 Å². The first kappa shape index (κ1) is 15.8. The Morgan fingerprint density at radius 2 is 2.10 bits per heavy atom. The maximum Gasteiger partial charge on any atom is 0.128 e. The zero-order valence-corrected chi connectivity index (χ0v) is 13.8. The van der Waals surface area contributed by atoms with Gasteiger partial charge in [0, 0.05) is 10.5 Å². The third kappa shape index (κ3) is 4.45. The molecule has 0 radical (unpaired) electrons. The molecule has 112 valence electrons. The quantitative estimate of drug-likeness (QED) is 0.734. The molecular formula is C16H23BrFNO. The summed E-state index contributed by atoms with van der Waals surface area (Å²) in [6.45, 7) is 6.38. The summed E-state index contributed by atoms with van der Waals surface area (Å²) in [6, 6.07) is 4.75. The Bertz CT molecular complexity index is 426. The zero-order valence-electron chi connectivity index (χ0n) is 12.2. The minimum atomic E-state index is -0.262. The van der Waals surface area contributed by atoms with E-state index >= 15 is 0 Å². The fourth-order valence-corrected chi connectivity index (χ4v) is 2.96. The highest BCUT2D eigenvalue weighted by molar-refractivity contribution is 9.10. The van der Waals surface area contributed by atoms with Crippen molar-refractivity contribution in [2.24, 2.45) is 5.92 Å². The van der Waals surface area contributed by atoms with Crippen molar-refractivity contribution in [2.75, 3.05) is 13.1 Å². The van der Waals surface area contributed by atoms with E-state index in [1.165, 1.54) is 18.6 Å². The Kier molecular flexibility index (Phi) is 5.44. The molecule has 0 bridgehead atoms. The predicted octanol–water partition coefficient (Wildman–Crippen LogP) is 4.53. The summed E-state index contributed by atoms with van der Waals surface area (Å²) in [5, 5.41) is 3.45. The maximum atomic E-state index is 13.4. The second-order valence-corrected chi connectivity index (χ2v) is 7.01. The zero-order chi connectivity index (χ0) is 14.6. The molecule has 0 heterocycles. The van der Waals surface area contributed by atoms with Gasteiger partial charge in [-0.05, 0) is 56.8 Å². The molecule has 1 N–H and O–H groups in total. The van der Waals surface area contributed by atoms with Crippen molar-refractivity contribution in [3.8, 4) is 5.75 Å². The Balaban J connectivity index is 1.90. The molecule has 20 heavy (non-hydrogen) atoms. The van der Waals surface area contributed by atoms with E-state index in [9.17, 15) is 4.39 Å². The standard InChI is InChI=1S/C16H23BrFNO/c1-12(2)11-19-7-6-16(4-3-5-16)20-15-9-13(17)8-14(18)10-15/h8-10,12,19H,3-7,11H2,1-2H3. The fourth-order valence-electron chi connectivity index (χ4n) is 2.52. The SMILES string of the molecule is CC(C)CNCCC1(Oc2cc(F)cc(Br)c2)CCC1. The van der Waals surface area contributed by atoms with Crippen molar-refractivity contribution < 1.29 is 9.13 Å². The summed E-state index contributed by atoms with van der Waals surface area (Å²) < 4.78 is 20.2. The van der Waals surface area contributed by atoms with Gasteiger partial charge in [0.25, 0.3) is 0 Å². The van der Waals surface area contributed by atoms with Gasteiger partial charge in [0.05, 0.1) is 0 Å². The Hall–Kier alpha value is -0.610. The van der Waals surface area contributed by atoms with Crippen molar-refractivity contribution in [2.45, 2.75) is 45.1 Å². The first-order valence-electron chi connectivity index (χ1n) is 7.35. The van der Waals surface area contributed by atoms with Crippen LogP contribution in [-0.2, 0) is 0 Å². The third-order valence-electron chi connectivity index (χ3n) is 3.75. The largest absolute Gasteiger partial charge is 0.487 e. The molecule has 1 aliphatic rings. The van der Waals surface area contributed by atoms with Crippen LogP contribution in [0.5, 0.6) is 5.75 Å². The summed E-state index contributed by atoms with van der Waals surface area (Å²) in [4.78, 5) is 0. The van der Waals surface area contributed by atoms with Gasteiger partial charge in [-0.15, -0.1) is 0 Å². The van der Waals surface area contributed by atoms with Gasteiger partial charge in [0.1, 0.15) is 17.2 Å². The topological polar surface area (TPSA) is 21.3 Å². The van der Waals surface area contributed by atoms with E-state index < -0.39 is 0 Å². The maximum absolute atomic E-state index is 13.4. The third-order valence-corrected chi connectivity index (χ3v) is 4.20. The molecule has 1 fully saturated rings. The van der Waals surface area contributed by atoms with E-state index in [0.29, 0.717) is 11.7 Å². The predicted molar refractivity (Wildman–Crippen MR) is 83.6 cm³/mol. The average Bonchev–Trinajstić information content (AvgIpc) is 2.29. The van der Waals surface area contributed by atoms with Crippen LogP contribution in [0.4, 0.5) is 4.39 Å². The van der Waals surface area contributed by atoms with E-state index in [4.69, 9.17) is 4.74 Å². The summed E-state index contributed by atoms with van der Waals surface area (Å²) in [6.07, 6.45) is 4.30. The first-order valence-corrected chi connectivity index (χ1v) is 8.14. The van der Waals surface area contributed by atoms with Gasteiger partial charge >= 0.3 is 0 Å². The lowest BCUT2D eigenvalue weighted by Crippen LogP contribution is -2.45. The van der Waals surface area contributed by atoms with Gasteiger partial charge in [-0.25, -0.2) is 4.39 Å². The molecule has 1 aromatic rings. The van der Waals surface area contributed by atoms with E-state index in [1.54, 1.807) is 0 Å². The van der Waals surface area contributed by atoms with Gasteiger partial charge in [-0.3, -0.25) is 0 Å². The van der Waals surface area contributed by atoms with Crippen LogP contribution in [0.3, 0.4) is 0 Å². The van der Waals surface area contributed by atoms with Crippen LogP contribution < -0.4 is 10.1 Å². The molecule has 1 saturated carbocycles. The van der Waals surface area contributed by atoms with Crippen LogP contribution in [0.15, 0.2) is 22.7 Å². The summed E-state index contributed by atoms with van der Waals surface area (Å²) in [5.74, 6) is 1.02. The van der Waals surface area contributed by atoms with E-state index in [1.807, 2.05) is 6.07 Å². The molecule has 0 saturated heterocycles. The van der Waals surface area contributed by atoms with Crippen LogP contribution >= 0.6 is 15.9 Å². The molecule has 0 spiro atoms. The van der Waals surface area contributed by atoms with Gasteiger partial charge in [0.15, 0.2) is 0 Å². The summed E-state index contributed by atoms with van der Waals surface area (Å²) in [5.41, 5.74) is -0.1000. The molecule has 0 unspecified atom stereocenters. The number of hydrogen-bond acceptors (Lipinski definition) is 2. The Morgan fingerprint density at radius 1 is 1.35 bits per heavy atom. The van der Waals surface area contributed by atoms with Crippen molar-refractivity contribution in [1.82, 2.24) is 5.32 Å². The van der Waals surface area contributed by atoms with Gasteiger partial charge in [-0.2, -0.15) is 0 Å². The van der Waals surface area contributed by atoms with Crippen LogP contribution in [0.2, 0.25) is 0 Å². The van der Waals surface area contributed by atoms with Crippen molar-refractivity contribution in [3.63, 3.8) is 0 Å². The molecule has 0 aliphatic heterocycles. The smallest absolute Gasteiger partial charge is 0.128 e. The molecule has 0 atom stereocenters. The van der Waals surface area contributed by atoms with Crippen molar-refractivity contribution in [3.05, 3.63) is 28.5 Å². The molecule has 0 aromatic heterocycles. The number of rotatable bonds is 7. The molecule has 0 amide bonds. The first-order chi connectivity index (χ1) is 9.49. The van der Waals surface area contributed by atoms with Crippen LogP contribution in [-0.4, -0.2) is 18.7 Å². The van der Waals surface area contributed by atoms with E-state index in [2.05, 4.69) is 35.1 Å². The average molecular weight is 344 g/mol. The second-order valence-electron chi connectivity index (χ2n) is 6.09. The molecular weight excluding hydrogens is 321 g/mol. The highest BCUT2D eigenvalue weighted by Crippen LogP contribution is 2.39. The minimum Gasteiger partial charge on any atom is -0.487 e. The molecule has 2 nitrogen and oxygen atoms in total. The number of nitrogens with one attached hydrogen (secondary N) is 1. The molecule has 4 heteroatoms. The number of benzene rings is 1. The summed E-state index contributed by atoms with van der Waals surface area (Å²) in [7, 11) is 0. The lowest BCUT2D eigenvalue weighted by atomic mass is 9.77. The normalized spacial score (nSPS) is 17.1. The van der Waals surface area contributed by atoms with Crippen molar-refractivity contribution >= 4 is 15.9 Å². The minimum absolute atomic E-state index is 0.1000. The van der Waals surface area contributed by atoms with E-state index in [-0.39, 0.29) is 11.4 Å². The van der Waals surface area contributed by atoms with Gasteiger partial charge in [0.2, 0.25) is 0 Å². The summed E-state index contributed by atoms with van der Waals surface area (Å²) >= 11 is 3.31. The number of halogens is 2. The fraction of sp³-hybridized carbons (Fsp3) is 0.625.